The molecule has 2 heterocycles. The maximum Gasteiger partial charge on any atom is 0.252 e. The van der Waals surface area contributed by atoms with E-state index >= 15 is 0 Å². The van der Waals surface area contributed by atoms with E-state index in [0.29, 0.717) is 18.0 Å². The Balaban J connectivity index is 1.49. The topological polar surface area (TPSA) is 73.3 Å². The van der Waals surface area contributed by atoms with Crippen molar-refractivity contribution < 1.29 is 18.7 Å². The first-order valence-corrected chi connectivity index (χ1v) is 9.74. The second-order valence-corrected chi connectivity index (χ2v) is 7.45. The Hall–Kier alpha value is -3.19. The number of rotatable bonds is 5. The summed E-state index contributed by atoms with van der Waals surface area (Å²) in [6.07, 6.45) is 0.403. The van der Waals surface area contributed by atoms with E-state index in [1.54, 1.807) is 6.07 Å². The number of hydrogen-bond acceptors (Lipinski definition) is 5. The zero-order chi connectivity index (χ0) is 21.3. The number of aromatic nitrogens is 2. The summed E-state index contributed by atoms with van der Waals surface area (Å²) < 4.78 is 24.4. The van der Waals surface area contributed by atoms with E-state index in [4.69, 9.17) is 21.1 Å². The lowest BCUT2D eigenvalue weighted by Crippen LogP contribution is -2.34. The van der Waals surface area contributed by atoms with Crippen molar-refractivity contribution in [2.75, 3.05) is 13.7 Å². The third-order valence-electron chi connectivity index (χ3n) is 4.83. The van der Waals surface area contributed by atoms with Gasteiger partial charge in [0.25, 0.3) is 5.91 Å². The summed E-state index contributed by atoms with van der Waals surface area (Å²) in [4.78, 5) is 12.4. The summed E-state index contributed by atoms with van der Waals surface area (Å²) in [6.45, 7) is 2.29. The van der Waals surface area contributed by atoms with Gasteiger partial charge in [-0.1, -0.05) is 17.7 Å². The fraction of sp³-hybridized carbons (Fsp3) is 0.227. The van der Waals surface area contributed by atoms with Crippen LogP contribution in [0.15, 0.2) is 42.5 Å². The molecule has 0 saturated heterocycles. The lowest BCUT2D eigenvalue weighted by atomic mass is 10.0. The van der Waals surface area contributed by atoms with Crippen LogP contribution in [0.25, 0.3) is 11.3 Å². The highest BCUT2D eigenvalue weighted by atomic mass is 35.5. The largest absolute Gasteiger partial charge is 0.487 e. The van der Waals surface area contributed by atoms with E-state index in [1.165, 1.54) is 19.2 Å². The number of amides is 1. The molecule has 1 aliphatic rings. The molecule has 1 atom stereocenters. The molecule has 6 nitrogen and oxygen atoms in total. The van der Waals surface area contributed by atoms with Crippen LogP contribution in [0.2, 0.25) is 5.02 Å². The first kappa shape index (κ1) is 20.1. The highest BCUT2D eigenvalue weighted by Crippen LogP contribution is 2.39. The molecule has 2 aromatic carbocycles. The summed E-state index contributed by atoms with van der Waals surface area (Å²) in [5.41, 5.74) is 3.86. The van der Waals surface area contributed by atoms with Crippen molar-refractivity contribution in [2.24, 2.45) is 0 Å². The molecule has 4 rings (SSSR count). The molecule has 1 amide bonds. The predicted octanol–water partition coefficient (Wildman–Crippen LogP) is 3.99. The number of nitrogens with one attached hydrogen (secondary N) is 1. The van der Waals surface area contributed by atoms with Gasteiger partial charge in [0.1, 0.15) is 17.7 Å². The fourth-order valence-electron chi connectivity index (χ4n) is 3.44. The van der Waals surface area contributed by atoms with Crippen molar-refractivity contribution in [3.63, 3.8) is 0 Å². The van der Waals surface area contributed by atoms with Crippen molar-refractivity contribution in [1.29, 1.82) is 0 Å². The van der Waals surface area contributed by atoms with Crippen LogP contribution >= 0.6 is 11.6 Å². The number of ether oxygens (including phenoxy) is 2. The van der Waals surface area contributed by atoms with Crippen LogP contribution in [0.5, 0.6) is 11.6 Å². The monoisotopic (exact) mass is 427 g/mol. The lowest BCUT2D eigenvalue weighted by Gasteiger charge is -2.14. The molecular weight excluding hydrogens is 409 g/mol. The van der Waals surface area contributed by atoms with Crippen LogP contribution in [-0.4, -0.2) is 35.9 Å². The Labute approximate surface area is 178 Å². The summed E-state index contributed by atoms with van der Waals surface area (Å²) in [5, 5.41) is 11.1. The Morgan fingerprint density at radius 2 is 2.10 bits per heavy atom. The molecule has 8 heteroatoms. The smallest absolute Gasteiger partial charge is 0.252 e. The van der Waals surface area contributed by atoms with Gasteiger partial charge in [0.2, 0.25) is 5.88 Å². The number of benzene rings is 2. The minimum Gasteiger partial charge on any atom is -0.487 e. The average Bonchev–Trinajstić information content (AvgIpc) is 3.14. The highest BCUT2D eigenvalue weighted by Gasteiger charge is 2.27. The standard InChI is InChI=1S/C22H19ClFN3O3/c1-12-7-13-9-15(11-25-22(28)16-4-3-14(24)10-18(16)23)30-21(13)17(8-12)19-5-6-20(29-2)27-26-19/h3-8,10,15H,9,11H2,1-2H3,(H,25,28). The van der Waals surface area contributed by atoms with Crippen molar-refractivity contribution >= 4 is 17.5 Å². The summed E-state index contributed by atoms with van der Waals surface area (Å²) in [6, 6.07) is 11.3. The van der Waals surface area contributed by atoms with Crippen molar-refractivity contribution in [3.8, 4) is 22.9 Å². The van der Waals surface area contributed by atoms with Gasteiger partial charge < -0.3 is 14.8 Å². The zero-order valence-electron chi connectivity index (χ0n) is 16.4. The number of fused-ring (bicyclic) bond motifs is 1. The lowest BCUT2D eigenvalue weighted by molar-refractivity contribution is 0.0934. The normalized spacial score (nSPS) is 14.7. The molecule has 1 N–H and O–H groups in total. The third-order valence-corrected chi connectivity index (χ3v) is 5.15. The number of hydrogen-bond donors (Lipinski definition) is 1. The number of carbonyl (C=O) groups excluding carboxylic acids is 1. The minimum absolute atomic E-state index is 0.0686. The number of carbonyl (C=O) groups is 1. The Morgan fingerprint density at radius 1 is 1.27 bits per heavy atom. The molecule has 0 aliphatic carbocycles. The van der Waals surface area contributed by atoms with Gasteiger partial charge >= 0.3 is 0 Å². The molecule has 0 bridgehead atoms. The van der Waals surface area contributed by atoms with Crippen LogP contribution in [0.4, 0.5) is 4.39 Å². The SMILES string of the molecule is COc1ccc(-c2cc(C)cc3c2OC(CNC(=O)c2ccc(F)cc2Cl)C3)nn1. The Morgan fingerprint density at radius 3 is 2.80 bits per heavy atom. The third kappa shape index (κ3) is 4.07. The van der Waals surface area contributed by atoms with Gasteiger partial charge in [-0.3, -0.25) is 4.79 Å². The fourth-order valence-corrected chi connectivity index (χ4v) is 3.70. The molecule has 0 radical (unpaired) electrons. The van der Waals surface area contributed by atoms with E-state index in [2.05, 4.69) is 21.6 Å². The summed E-state index contributed by atoms with van der Waals surface area (Å²) in [7, 11) is 1.54. The number of aryl methyl sites for hydroxylation is 1. The van der Waals surface area contributed by atoms with Gasteiger partial charge in [0.05, 0.1) is 29.9 Å². The molecule has 30 heavy (non-hydrogen) atoms. The van der Waals surface area contributed by atoms with Gasteiger partial charge in [-0.15, -0.1) is 10.2 Å². The van der Waals surface area contributed by atoms with Gasteiger partial charge in [0, 0.05) is 18.1 Å². The number of nitrogens with zero attached hydrogens (tertiary/aromatic N) is 2. The molecule has 0 fully saturated rings. The molecule has 1 unspecified atom stereocenters. The molecule has 0 saturated carbocycles. The second-order valence-electron chi connectivity index (χ2n) is 7.04. The van der Waals surface area contributed by atoms with E-state index in [9.17, 15) is 9.18 Å². The molecule has 1 aliphatic heterocycles. The Bertz CT molecular complexity index is 1110. The predicted molar refractivity (Wildman–Crippen MR) is 111 cm³/mol. The van der Waals surface area contributed by atoms with Crippen molar-refractivity contribution in [2.45, 2.75) is 19.4 Å². The van der Waals surface area contributed by atoms with E-state index < -0.39 is 5.82 Å². The van der Waals surface area contributed by atoms with Crippen LogP contribution in [0.1, 0.15) is 21.5 Å². The second kappa shape index (κ2) is 8.28. The van der Waals surface area contributed by atoms with Gasteiger partial charge in [-0.05, 0) is 48.4 Å². The quantitative estimate of drug-likeness (QED) is 0.666. The van der Waals surface area contributed by atoms with Crippen LogP contribution in [-0.2, 0) is 6.42 Å². The van der Waals surface area contributed by atoms with Gasteiger partial charge in [0.15, 0.2) is 0 Å². The summed E-state index contributed by atoms with van der Waals surface area (Å²) in [5.74, 6) is 0.302. The first-order valence-electron chi connectivity index (χ1n) is 9.36. The molecule has 3 aromatic rings. The maximum atomic E-state index is 13.2. The first-order chi connectivity index (χ1) is 14.4. The average molecular weight is 428 g/mol. The molecule has 1 aromatic heterocycles. The van der Waals surface area contributed by atoms with Gasteiger partial charge in [-0.25, -0.2) is 4.39 Å². The van der Waals surface area contributed by atoms with Crippen molar-refractivity contribution in [3.05, 3.63) is 70.0 Å². The van der Waals surface area contributed by atoms with Crippen LogP contribution in [0, 0.1) is 12.7 Å². The van der Waals surface area contributed by atoms with Gasteiger partial charge in [-0.2, -0.15) is 0 Å². The highest BCUT2D eigenvalue weighted by molar-refractivity contribution is 6.33. The van der Waals surface area contributed by atoms with E-state index in [0.717, 1.165) is 28.5 Å². The number of methoxy groups -OCH3 is 1. The summed E-state index contributed by atoms with van der Waals surface area (Å²) >= 11 is 5.97. The molecular formula is C22H19ClFN3O3. The molecule has 0 spiro atoms. The zero-order valence-corrected chi connectivity index (χ0v) is 17.2. The molecule has 154 valence electrons. The number of halogens is 2. The van der Waals surface area contributed by atoms with Crippen LogP contribution in [0.3, 0.4) is 0 Å². The Kier molecular flexibility index (Phi) is 5.55. The van der Waals surface area contributed by atoms with E-state index in [-0.39, 0.29) is 29.1 Å². The maximum absolute atomic E-state index is 13.2. The van der Waals surface area contributed by atoms with Crippen molar-refractivity contribution in [1.82, 2.24) is 15.5 Å². The van der Waals surface area contributed by atoms with Crippen LogP contribution < -0.4 is 14.8 Å². The minimum atomic E-state index is -0.490. The van der Waals surface area contributed by atoms with E-state index in [1.807, 2.05) is 19.1 Å².